The third kappa shape index (κ3) is 1.70. The molecule has 0 radical (unpaired) electrons. The molecule has 0 saturated carbocycles. The molecular formula is C10H6N2O2. The smallest absolute Gasteiger partial charge is 0.336 e. The van der Waals surface area contributed by atoms with Gasteiger partial charge in [0.15, 0.2) is 0 Å². The van der Waals surface area contributed by atoms with Crippen LogP contribution in [-0.2, 0) is 6.42 Å². The fourth-order valence-corrected chi connectivity index (χ4v) is 1.16. The monoisotopic (exact) mass is 186 g/mol. The highest BCUT2D eigenvalue weighted by Crippen LogP contribution is 2.14. The van der Waals surface area contributed by atoms with E-state index in [1.165, 1.54) is 18.2 Å². The van der Waals surface area contributed by atoms with Crippen molar-refractivity contribution in [2.24, 2.45) is 0 Å². The molecule has 0 saturated heterocycles. The van der Waals surface area contributed by atoms with Gasteiger partial charge in [-0.05, 0) is 17.7 Å². The SMILES string of the molecule is N#CCc1c(C#N)cccc1C(=O)O. The fraction of sp³-hybridized carbons (Fsp3) is 0.100. The Balaban J connectivity index is 3.38. The normalized spacial score (nSPS) is 8.71. The number of nitriles is 2. The van der Waals surface area contributed by atoms with Gasteiger partial charge in [-0.1, -0.05) is 6.07 Å². The van der Waals surface area contributed by atoms with E-state index in [4.69, 9.17) is 15.6 Å². The van der Waals surface area contributed by atoms with Crippen LogP contribution in [0.15, 0.2) is 18.2 Å². The number of hydrogen-bond acceptors (Lipinski definition) is 3. The van der Waals surface area contributed by atoms with Crippen molar-refractivity contribution in [2.45, 2.75) is 6.42 Å². The predicted molar refractivity (Wildman–Crippen MR) is 47.4 cm³/mol. The van der Waals surface area contributed by atoms with Crippen LogP contribution in [0.2, 0.25) is 0 Å². The quantitative estimate of drug-likeness (QED) is 0.754. The molecule has 0 fully saturated rings. The number of benzene rings is 1. The first-order chi connectivity index (χ1) is 6.70. The molecule has 0 atom stereocenters. The second kappa shape index (κ2) is 4.06. The van der Waals surface area contributed by atoms with Gasteiger partial charge in [0.25, 0.3) is 0 Å². The van der Waals surface area contributed by atoms with Crippen LogP contribution >= 0.6 is 0 Å². The van der Waals surface area contributed by atoms with Crippen LogP contribution in [0.1, 0.15) is 21.5 Å². The van der Waals surface area contributed by atoms with Crippen LogP contribution in [0.4, 0.5) is 0 Å². The first-order valence-corrected chi connectivity index (χ1v) is 3.83. The average molecular weight is 186 g/mol. The van der Waals surface area contributed by atoms with Crippen molar-refractivity contribution in [1.29, 1.82) is 10.5 Å². The summed E-state index contributed by atoms with van der Waals surface area (Å²) in [4.78, 5) is 10.7. The molecule has 1 aromatic rings. The fourth-order valence-electron chi connectivity index (χ4n) is 1.16. The van der Waals surface area contributed by atoms with Crippen LogP contribution in [0.5, 0.6) is 0 Å². The summed E-state index contributed by atoms with van der Waals surface area (Å²) in [6, 6.07) is 8.07. The molecule has 0 aliphatic heterocycles. The molecule has 0 bridgehead atoms. The summed E-state index contributed by atoms with van der Waals surface area (Å²) >= 11 is 0. The molecule has 14 heavy (non-hydrogen) atoms. The Morgan fingerprint density at radius 1 is 1.43 bits per heavy atom. The lowest BCUT2D eigenvalue weighted by Crippen LogP contribution is -2.03. The first kappa shape index (κ1) is 9.76. The maximum Gasteiger partial charge on any atom is 0.336 e. The van der Waals surface area contributed by atoms with Gasteiger partial charge < -0.3 is 5.11 Å². The zero-order chi connectivity index (χ0) is 10.6. The van der Waals surface area contributed by atoms with Gasteiger partial charge in [0.05, 0.1) is 29.7 Å². The van der Waals surface area contributed by atoms with Crippen LogP contribution in [0, 0.1) is 22.7 Å². The van der Waals surface area contributed by atoms with Gasteiger partial charge in [-0.2, -0.15) is 10.5 Å². The Morgan fingerprint density at radius 3 is 2.64 bits per heavy atom. The zero-order valence-electron chi connectivity index (χ0n) is 7.19. The molecule has 0 amide bonds. The van der Waals surface area contributed by atoms with Gasteiger partial charge in [0, 0.05) is 0 Å². The third-order valence-electron chi connectivity index (χ3n) is 1.78. The van der Waals surface area contributed by atoms with E-state index >= 15 is 0 Å². The highest BCUT2D eigenvalue weighted by molar-refractivity contribution is 5.90. The molecule has 4 heteroatoms. The van der Waals surface area contributed by atoms with Crippen molar-refractivity contribution in [1.82, 2.24) is 0 Å². The van der Waals surface area contributed by atoms with Gasteiger partial charge >= 0.3 is 5.97 Å². The minimum absolute atomic E-state index is 0.0191. The molecule has 0 aliphatic carbocycles. The molecular weight excluding hydrogens is 180 g/mol. The van der Waals surface area contributed by atoms with Crippen molar-refractivity contribution < 1.29 is 9.90 Å². The van der Waals surface area contributed by atoms with Gasteiger partial charge in [0.2, 0.25) is 0 Å². The number of nitrogens with zero attached hydrogens (tertiary/aromatic N) is 2. The van der Waals surface area contributed by atoms with E-state index in [2.05, 4.69) is 0 Å². The highest BCUT2D eigenvalue weighted by atomic mass is 16.4. The van der Waals surface area contributed by atoms with Crippen molar-refractivity contribution in [3.63, 3.8) is 0 Å². The third-order valence-corrected chi connectivity index (χ3v) is 1.78. The van der Waals surface area contributed by atoms with Crippen LogP contribution in [0.25, 0.3) is 0 Å². The number of carbonyl (C=O) groups is 1. The van der Waals surface area contributed by atoms with E-state index in [0.717, 1.165) is 0 Å². The summed E-state index contributed by atoms with van der Waals surface area (Å²) in [5.74, 6) is -1.12. The summed E-state index contributed by atoms with van der Waals surface area (Å²) in [6.45, 7) is 0. The molecule has 0 aromatic heterocycles. The van der Waals surface area contributed by atoms with E-state index in [0.29, 0.717) is 0 Å². The van der Waals surface area contributed by atoms with Gasteiger partial charge in [-0.3, -0.25) is 0 Å². The number of hydrogen-bond donors (Lipinski definition) is 1. The number of aromatic carboxylic acids is 1. The minimum atomic E-state index is -1.12. The number of carboxylic acids is 1. The standard InChI is InChI=1S/C10H6N2O2/c11-5-4-8-7(6-12)2-1-3-9(8)10(13)14/h1-3H,4H2,(H,13,14). The Labute approximate surface area is 80.6 Å². The summed E-state index contributed by atoms with van der Waals surface area (Å²) in [6.07, 6.45) is -0.0641. The zero-order valence-corrected chi connectivity index (χ0v) is 7.19. The van der Waals surface area contributed by atoms with E-state index < -0.39 is 5.97 Å². The van der Waals surface area contributed by atoms with Crippen molar-refractivity contribution in [3.05, 3.63) is 34.9 Å². The van der Waals surface area contributed by atoms with Gasteiger partial charge in [-0.15, -0.1) is 0 Å². The minimum Gasteiger partial charge on any atom is -0.478 e. The Morgan fingerprint density at radius 2 is 2.14 bits per heavy atom. The van der Waals surface area contributed by atoms with Crippen molar-refractivity contribution in [2.75, 3.05) is 0 Å². The molecule has 1 rings (SSSR count). The molecule has 0 spiro atoms. The summed E-state index contributed by atoms with van der Waals surface area (Å²) in [5.41, 5.74) is 0.544. The Hall–Kier alpha value is -2.33. The van der Waals surface area contributed by atoms with Gasteiger partial charge in [-0.25, -0.2) is 4.79 Å². The van der Waals surface area contributed by atoms with Crippen molar-refractivity contribution in [3.8, 4) is 12.1 Å². The molecule has 68 valence electrons. The Bertz CT molecular complexity index is 452. The summed E-state index contributed by atoms with van der Waals surface area (Å²) in [5, 5.41) is 26.0. The first-order valence-electron chi connectivity index (χ1n) is 3.83. The maximum atomic E-state index is 10.7. The second-order valence-electron chi connectivity index (χ2n) is 2.58. The lowest BCUT2D eigenvalue weighted by molar-refractivity contribution is 0.0696. The van der Waals surface area contributed by atoms with E-state index in [-0.39, 0.29) is 23.1 Å². The van der Waals surface area contributed by atoms with Crippen LogP contribution in [0.3, 0.4) is 0 Å². The summed E-state index contributed by atoms with van der Waals surface area (Å²) < 4.78 is 0. The molecule has 1 N–H and O–H groups in total. The largest absolute Gasteiger partial charge is 0.478 e. The van der Waals surface area contributed by atoms with E-state index in [9.17, 15) is 4.79 Å². The van der Waals surface area contributed by atoms with Crippen molar-refractivity contribution >= 4 is 5.97 Å². The number of carboxylic acid groups (broad SMARTS) is 1. The lowest BCUT2D eigenvalue weighted by atomic mass is 9.99. The summed E-state index contributed by atoms with van der Waals surface area (Å²) in [7, 11) is 0. The maximum absolute atomic E-state index is 10.7. The molecule has 0 heterocycles. The van der Waals surface area contributed by atoms with Crippen LogP contribution < -0.4 is 0 Å². The van der Waals surface area contributed by atoms with Gasteiger partial charge in [0.1, 0.15) is 0 Å². The van der Waals surface area contributed by atoms with Crippen LogP contribution in [-0.4, -0.2) is 11.1 Å². The second-order valence-corrected chi connectivity index (χ2v) is 2.58. The molecule has 0 unspecified atom stereocenters. The van der Waals surface area contributed by atoms with E-state index in [1.54, 1.807) is 0 Å². The highest BCUT2D eigenvalue weighted by Gasteiger charge is 2.12. The topological polar surface area (TPSA) is 84.9 Å². The van der Waals surface area contributed by atoms with E-state index in [1.807, 2.05) is 12.1 Å². The molecule has 1 aromatic carbocycles. The average Bonchev–Trinajstić information content (AvgIpc) is 2.18. The Kier molecular flexibility index (Phi) is 2.83. The molecule has 0 aliphatic rings. The molecule has 4 nitrogen and oxygen atoms in total. The predicted octanol–water partition coefficient (Wildman–Crippen LogP) is 1.32. The number of rotatable bonds is 2. The lowest BCUT2D eigenvalue weighted by Gasteiger charge is -2.02.